The maximum atomic E-state index is 12.5. The Morgan fingerprint density at radius 3 is 2.30 bits per heavy atom. The standard InChI is InChI=1S/C22H20ClNO3/c23-20-12-6-4-8-17(20)16-24-22(25)19-11-5-7-13-21(19)27-15-14-26-18-9-2-1-3-10-18/h1-13H,14-16H2,(H,24,25). The summed E-state index contributed by atoms with van der Waals surface area (Å²) in [6.45, 7) is 1.08. The first-order valence-electron chi connectivity index (χ1n) is 8.65. The van der Waals surface area contributed by atoms with Gasteiger partial charge in [0.05, 0.1) is 5.56 Å². The number of hydrogen-bond acceptors (Lipinski definition) is 3. The Bertz CT molecular complexity index is 883. The molecule has 0 spiro atoms. The second-order valence-corrected chi connectivity index (χ2v) is 6.19. The van der Waals surface area contributed by atoms with Gasteiger partial charge in [-0.1, -0.05) is 60.1 Å². The summed E-state index contributed by atoms with van der Waals surface area (Å²) in [7, 11) is 0. The number of hydrogen-bond donors (Lipinski definition) is 1. The molecule has 3 aromatic carbocycles. The number of nitrogens with one attached hydrogen (secondary N) is 1. The third-order valence-electron chi connectivity index (χ3n) is 3.88. The molecule has 0 heterocycles. The summed E-state index contributed by atoms with van der Waals surface area (Å²) >= 11 is 6.13. The topological polar surface area (TPSA) is 47.6 Å². The molecular weight excluding hydrogens is 362 g/mol. The van der Waals surface area contributed by atoms with Gasteiger partial charge in [-0.2, -0.15) is 0 Å². The van der Waals surface area contributed by atoms with Crippen LogP contribution in [-0.4, -0.2) is 19.1 Å². The van der Waals surface area contributed by atoms with E-state index in [-0.39, 0.29) is 5.91 Å². The first-order chi connectivity index (χ1) is 13.2. The highest BCUT2D eigenvalue weighted by molar-refractivity contribution is 6.31. The molecule has 4 nitrogen and oxygen atoms in total. The lowest BCUT2D eigenvalue weighted by Gasteiger charge is -2.12. The number of carbonyl (C=O) groups excluding carboxylic acids is 1. The zero-order chi connectivity index (χ0) is 18.9. The van der Waals surface area contributed by atoms with Crippen LogP contribution in [0, 0.1) is 0 Å². The highest BCUT2D eigenvalue weighted by atomic mass is 35.5. The zero-order valence-electron chi connectivity index (χ0n) is 14.7. The number of ether oxygens (including phenoxy) is 2. The van der Waals surface area contributed by atoms with Crippen LogP contribution < -0.4 is 14.8 Å². The minimum Gasteiger partial charge on any atom is -0.490 e. The normalized spacial score (nSPS) is 10.3. The summed E-state index contributed by atoms with van der Waals surface area (Å²) < 4.78 is 11.4. The van der Waals surface area contributed by atoms with Crippen molar-refractivity contribution in [2.45, 2.75) is 6.54 Å². The van der Waals surface area contributed by atoms with Crippen LogP contribution in [0.4, 0.5) is 0 Å². The lowest BCUT2D eigenvalue weighted by Crippen LogP contribution is -2.24. The Kier molecular flexibility index (Phi) is 6.72. The van der Waals surface area contributed by atoms with Crippen molar-refractivity contribution < 1.29 is 14.3 Å². The van der Waals surface area contributed by atoms with E-state index in [1.165, 1.54) is 0 Å². The van der Waals surface area contributed by atoms with Crippen LogP contribution in [0.3, 0.4) is 0 Å². The van der Waals surface area contributed by atoms with E-state index < -0.39 is 0 Å². The van der Waals surface area contributed by atoms with Crippen LogP contribution in [-0.2, 0) is 6.54 Å². The van der Waals surface area contributed by atoms with Gasteiger partial charge < -0.3 is 14.8 Å². The molecule has 3 rings (SSSR count). The number of para-hydroxylation sites is 2. The first-order valence-corrected chi connectivity index (χ1v) is 9.03. The predicted molar refractivity (Wildman–Crippen MR) is 106 cm³/mol. The number of carbonyl (C=O) groups is 1. The molecular formula is C22H20ClNO3. The molecule has 0 aliphatic heterocycles. The fourth-order valence-corrected chi connectivity index (χ4v) is 2.72. The largest absolute Gasteiger partial charge is 0.490 e. The molecule has 3 aromatic rings. The van der Waals surface area contributed by atoms with Crippen molar-refractivity contribution >= 4 is 17.5 Å². The van der Waals surface area contributed by atoms with E-state index in [0.717, 1.165) is 11.3 Å². The fraction of sp³-hybridized carbons (Fsp3) is 0.136. The average molecular weight is 382 g/mol. The van der Waals surface area contributed by atoms with E-state index in [9.17, 15) is 4.79 Å². The van der Waals surface area contributed by atoms with Gasteiger partial charge in [-0.05, 0) is 35.9 Å². The molecule has 0 unspecified atom stereocenters. The van der Waals surface area contributed by atoms with Crippen molar-refractivity contribution in [1.29, 1.82) is 0 Å². The van der Waals surface area contributed by atoms with Gasteiger partial charge in [0.2, 0.25) is 0 Å². The molecule has 1 N–H and O–H groups in total. The summed E-state index contributed by atoms with van der Waals surface area (Å²) in [5, 5.41) is 3.50. The predicted octanol–water partition coefficient (Wildman–Crippen LogP) is 4.73. The SMILES string of the molecule is O=C(NCc1ccccc1Cl)c1ccccc1OCCOc1ccccc1. The van der Waals surface area contributed by atoms with Gasteiger partial charge in [0, 0.05) is 11.6 Å². The van der Waals surface area contributed by atoms with Crippen LogP contribution in [0.15, 0.2) is 78.9 Å². The molecule has 0 aliphatic carbocycles. The molecule has 27 heavy (non-hydrogen) atoms. The Morgan fingerprint density at radius 1 is 0.815 bits per heavy atom. The second kappa shape index (κ2) is 9.64. The van der Waals surface area contributed by atoms with Gasteiger partial charge in [0.25, 0.3) is 5.91 Å². The van der Waals surface area contributed by atoms with Gasteiger partial charge in [-0.15, -0.1) is 0 Å². The van der Waals surface area contributed by atoms with Gasteiger partial charge in [-0.25, -0.2) is 0 Å². The molecule has 5 heteroatoms. The highest BCUT2D eigenvalue weighted by Gasteiger charge is 2.12. The summed E-state index contributed by atoms with van der Waals surface area (Å²) in [4.78, 5) is 12.5. The van der Waals surface area contributed by atoms with Crippen molar-refractivity contribution in [1.82, 2.24) is 5.32 Å². The third kappa shape index (κ3) is 5.50. The van der Waals surface area contributed by atoms with Gasteiger partial charge >= 0.3 is 0 Å². The Morgan fingerprint density at radius 2 is 1.48 bits per heavy atom. The smallest absolute Gasteiger partial charge is 0.255 e. The second-order valence-electron chi connectivity index (χ2n) is 5.78. The molecule has 0 aromatic heterocycles. The summed E-state index contributed by atoms with van der Waals surface area (Å²) in [5.41, 5.74) is 1.34. The number of amides is 1. The van der Waals surface area contributed by atoms with Crippen molar-refractivity contribution in [2.24, 2.45) is 0 Å². The monoisotopic (exact) mass is 381 g/mol. The molecule has 0 radical (unpaired) electrons. The summed E-state index contributed by atoms with van der Waals surface area (Å²) in [5.74, 6) is 1.09. The molecule has 0 atom stereocenters. The van der Waals surface area contributed by atoms with Crippen LogP contribution in [0.2, 0.25) is 5.02 Å². The summed E-state index contributed by atoms with van der Waals surface area (Å²) in [6.07, 6.45) is 0. The quantitative estimate of drug-likeness (QED) is 0.574. The molecule has 0 saturated carbocycles. The van der Waals surface area contributed by atoms with Crippen LogP contribution in [0.5, 0.6) is 11.5 Å². The van der Waals surface area contributed by atoms with E-state index in [1.54, 1.807) is 24.3 Å². The first kappa shape index (κ1) is 18.8. The third-order valence-corrected chi connectivity index (χ3v) is 4.25. The Hall–Kier alpha value is -2.98. The van der Waals surface area contributed by atoms with Crippen molar-refractivity contribution in [3.63, 3.8) is 0 Å². The number of benzene rings is 3. The molecule has 0 fully saturated rings. The maximum Gasteiger partial charge on any atom is 0.255 e. The fourth-order valence-electron chi connectivity index (χ4n) is 2.52. The molecule has 0 aliphatic rings. The van der Waals surface area contributed by atoms with Crippen molar-refractivity contribution in [3.8, 4) is 11.5 Å². The van der Waals surface area contributed by atoms with Crippen LogP contribution >= 0.6 is 11.6 Å². The maximum absolute atomic E-state index is 12.5. The lowest BCUT2D eigenvalue weighted by atomic mass is 10.1. The number of rotatable bonds is 8. The Balaban J connectivity index is 1.55. The van der Waals surface area contributed by atoms with Gasteiger partial charge in [0.15, 0.2) is 0 Å². The average Bonchev–Trinajstić information content (AvgIpc) is 2.71. The Labute approximate surface area is 163 Å². The molecule has 1 amide bonds. The van der Waals surface area contributed by atoms with Gasteiger partial charge in [-0.3, -0.25) is 4.79 Å². The molecule has 138 valence electrons. The van der Waals surface area contributed by atoms with E-state index in [1.807, 2.05) is 54.6 Å². The summed E-state index contributed by atoms with van der Waals surface area (Å²) in [6, 6.07) is 24.1. The van der Waals surface area contributed by atoms with Crippen LogP contribution in [0.1, 0.15) is 15.9 Å². The van der Waals surface area contributed by atoms with E-state index in [4.69, 9.17) is 21.1 Å². The van der Waals surface area contributed by atoms with E-state index in [0.29, 0.717) is 36.1 Å². The van der Waals surface area contributed by atoms with Gasteiger partial charge in [0.1, 0.15) is 24.7 Å². The van der Waals surface area contributed by atoms with Crippen molar-refractivity contribution in [2.75, 3.05) is 13.2 Å². The van der Waals surface area contributed by atoms with E-state index in [2.05, 4.69) is 5.32 Å². The van der Waals surface area contributed by atoms with Crippen LogP contribution in [0.25, 0.3) is 0 Å². The number of halogens is 1. The minimum atomic E-state index is -0.213. The van der Waals surface area contributed by atoms with E-state index >= 15 is 0 Å². The zero-order valence-corrected chi connectivity index (χ0v) is 15.5. The minimum absolute atomic E-state index is 0.213. The highest BCUT2D eigenvalue weighted by Crippen LogP contribution is 2.19. The molecule has 0 saturated heterocycles. The van der Waals surface area contributed by atoms with Crippen molar-refractivity contribution in [3.05, 3.63) is 95.0 Å². The lowest BCUT2D eigenvalue weighted by molar-refractivity contribution is 0.0945. The molecule has 0 bridgehead atoms.